The quantitative estimate of drug-likeness (QED) is 0.0935. The summed E-state index contributed by atoms with van der Waals surface area (Å²) in [4.78, 5) is 26.1. The van der Waals surface area contributed by atoms with Crippen LogP contribution in [-0.2, 0) is 9.31 Å². The summed E-state index contributed by atoms with van der Waals surface area (Å²) < 4.78 is 13.5. The number of aromatic amines is 2. The number of halogens is 1. The van der Waals surface area contributed by atoms with Crippen LogP contribution in [0, 0.1) is 31.1 Å². The summed E-state index contributed by atoms with van der Waals surface area (Å²) in [5.74, 6) is 1.82. The number of H-pyrrole nitrogens is 2. The average Bonchev–Trinajstić information content (AvgIpc) is 3.96. The van der Waals surface area contributed by atoms with Crippen molar-refractivity contribution in [2.24, 2.45) is 0 Å². The molecule has 0 amide bonds. The molecule has 0 spiro atoms. The number of aromatic nitrogens is 4. The van der Waals surface area contributed by atoms with E-state index < -0.39 is 12.2 Å². The summed E-state index contributed by atoms with van der Waals surface area (Å²) in [5, 5.41) is 20.1. The number of imidazole rings is 2. The van der Waals surface area contributed by atoms with Crippen LogP contribution in [-0.4, -0.2) is 113 Å². The Morgan fingerprint density at radius 3 is 1.29 bits per heavy atom. The van der Waals surface area contributed by atoms with E-state index in [4.69, 9.17) is 19.3 Å². The van der Waals surface area contributed by atoms with Gasteiger partial charge in [-0.25, -0.2) is 9.97 Å². The van der Waals surface area contributed by atoms with Gasteiger partial charge in [-0.05, 0) is 133 Å². The summed E-state index contributed by atoms with van der Waals surface area (Å²) in [6.07, 6.45) is 0.887. The Balaban J connectivity index is 0.000000218. The van der Waals surface area contributed by atoms with Gasteiger partial charge in [0, 0.05) is 124 Å². The van der Waals surface area contributed by atoms with Crippen molar-refractivity contribution in [1.29, 1.82) is 0 Å². The van der Waals surface area contributed by atoms with Crippen LogP contribution in [0.3, 0.4) is 0 Å². The average molecular weight is 1170 g/mol. The van der Waals surface area contributed by atoms with E-state index in [1.54, 1.807) is 0 Å². The molecule has 12 nitrogen and oxygen atoms in total. The predicted octanol–water partition coefficient (Wildman–Crippen LogP) is 8.84. The molecular formula is C50H68BBrN8O4U. The first-order valence-corrected chi connectivity index (χ1v) is 24.0. The number of piperazine rings is 2. The molecule has 6 aromatic rings. The maximum absolute atomic E-state index is 10.1. The van der Waals surface area contributed by atoms with E-state index in [2.05, 4.69) is 172 Å². The Hall–Kier alpha value is -3.54. The third-order valence-electron chi connectivity index (χ3n) is 14.0. The molecule has 5 heterocycles. The topological polar surface area (TPSA) is 129 Å². The number of hydrogen-bond acceptors (Lipinski definition) is 10. The van der Waals surface area contributed by atoms with E-state index >= 15 is 0 Å². The fourth-order valence-electron chi connectivity index (χ4n) is 9.22. The van der Waals surface area contributed by atoms with Gasteiger partial charge in [-0.2, -0.15) is 0 Å². The minimum atomic E-state index is -0.422. The monoisotopic (exact) mass is 1170 g/mol. The van der Waals surface area contributed by atoms with Crippen LogP contribution in [0.4, 0.5) is 22.7 Å². The first kappa shape index (κ1) is 49.4. The molecule has 0 radical (unpaired) electrons. The molecule has 0 bridgehead atoms. The zero-order chi connectivity index (χ0) is 45.3. The number of hydrogen-bond donors (Lipinski definition) is 4. The number of aliphatic hydroxyl groups is 2. The molecule has 4 unspecified atom stereocenters. The van der Waals surface area contributed by atoms with Gasteiger partial charge in [0.25, 0.3) is 0 Å². The van der Waals surface area contributed by atoms with E-state index in [0.717, 1.165) is 109 Å². The second kappa shape index (κ2) is 20.8. The third kappa shape index (κ3) is 10.9. The third-order valence-corrected chi connectivity index (χ3v) is 14.5. The minimum absolute atomic E-state index is 0. The largest absolute Gasteiger partial charge is 0.494 e. The maximum atomic E-state index is 10.1. The SMILES string of the molecule is CCC(c1nc2ccc(N3CCN(c4ccc(B5OC(C)(C)C(C)(C)O5)cc4)CC3)cc2[nH]1)C(C)O.CCC(c1nc2ccc(N3CCN(c4ccc(Br)cc4)CC3)cc2[nH]1)C(C)O.[HH].[U]. The van der Waals surface area contributed by atoms with Crippen molar-refractivity contribution >= 4 is 73.3 Å². The first-order valence-electron chi connectivity index (χ1n) is 23.2. The van der Waals surface area contributed by atoms with Crippen LogP contribution >= 0.6 is 15.9 Å². The van der Waals surface area contributed by atoms with Crippen LogP contribution in [0.5, 0.6) is 0 Å². The van der Waals surface area contributed by atoms with Crippen LogP contribution in [0.2, 0.25) is 0 Å². The van der Waals surface area contributed by atoms with Crippen molar-refractivity contribution in [2.75, 3.05) is 72.0 Å². The van der Waals surface area contributed by atoms with Gasteiger partial charge >= 0.3 is 7.12 Å². The van der Waals surface area contributed by atoms with E-state index in [1.807, 2.05) is 13.8 Å². The molecule has 65 heavy (non-hydrogen) atoms. The van der Waals surface area contributed by atoms with Gasteiger partial charge in [-0.3, -0.25) is 0 Å². The smallest absolute Gasteiger partial charge is 0.399 e. The Bertz CT molecular complexity index is 2470. The van der Waals surface area contributed by atoms with Gasteiger partial charge in [0.1, 0.15) is 11.6 Å². The normalized spacial score (nSPS) is 19.2. The molecule has 3 saturated heterocycles. The second-order valence-corrected chi connectivity index (χ2v) is 19.7. The Morgan fingerprint density at radius 2 is 0.938 bits per heavy atom. The second-order valence-electron chi connectivity index (χ2n) is 18.8. The van der Waals surface area contributed by atoms with Crippen molar-refractivity contribution in [3.8, 4) is 0 Å². The summed E-state index contributed by atoms with van der Waals surface area (Å²) in [5.41, 5.74) is 9.33. The van der Waals surface area contributed by atoms with Crippen LogP contribution in [0.15, 0.2) is 89.4 Å². The Kier molecular flexibility index (Phi) is 15.8. The van der Waals surface area contributed by atoms with Crippen molar-refractivity contribution in [1.82, 2.24) is 19.9 Å². The number of nitrogens with zero attached hydrogens (tertiary/aromatic N) is 6. The Morgan fingerprint density at radius 1 is 0.600 bits per heavy atom. The summed E-state index contributed by atoms with van der Waals surface area (Å²) in [6, 6.07) is 30.0. The van der Waals surface area contributed by atoms with Crippen LogP contribution in [0.25, 0.3) is 22.1 Å². The number of anilines is 4. The van der Waals surface area contributed by atoms with Crippen molar-refractivity contribution in [3.63, 3.8) is 0 Å². The van der Waals surface area contributed by atoms with Gasteiger partial charge in [-0.15, -0.1) is 0 Å². The molecule has 0 saturated carbocycles. The molecule has 2 aromatic heterocycles. The van der Waals surface area contributed by atoms with E-state index in [1.165, 1.54) is 22.7 Å². The minimum Gasteiger partial charge on any atom is -0.399 e. The van der Waals surface area contributed by atoms with E-state index in [-0.39, 0.29) is 62.7 Å². The summed E-state index contributed by atoms with van der Waals surface area (Å²) >= 11 is 3.50. The molecule has 3 aliphatic rings. The van der Waals surface area contributed by atoms with E-state index in [9.17, 15) is 10.2 Å². The zero-order valence-corrected chi connectivity index (χ0v) is 45.1. The van der Waals surface area contributed by atoms with Crippen LogP contribution in [0.1, 0.15) is 93.1 Å². The molecule has 9 rings (SSSR count). The molecule has 3 aliphatic heterocycles. The fourth-order valence-corrected chi connectivity index (χ4v) is 9.49. The molecule has 4 atom stereocenters. The number of aliphatic hydroxyl groups excluding tert-OH is 2. The van der Waals surface area contributed by atoms with Crippen molar-refractivity contribution in [3.05, 3.63) is 101 Å². The van der Waals surface area contributed by atoms with E-state index in [0.29, 0.717) is 0 Å². The number of benzene rings is 4. The number of nitrogens with one attached hydrogen (secondary N) is 2. The van der Waals surface area contributed by atoms with Crippen LogP contribution < -0.4 is 25.1 Å². The first-order chi connectivity index (χ1) is 30.6. The predicted molar refractivity (Wildman–Crippen MR) is 269 cm³/mol. The molecule has 15 heteroatoms. The van der Waals surface area contributed by atoms with Gasteiger partial charge in [-0.1, -0.05) is 41.9 Å². The summed E-state index contributed by atoms with van der Waals surface area (Å²) in [6.45, 7) is 24.0. The molecule has 3 fully saturated rings. The Labute approximate surface area is 419 Å². The molecule has 346 valence electrons. The molecular weight excluding hydrogens is 1110 g/mol. The fraction of sp³-hybridized carbons (Fsp3) is 0.480. The molecule has 4 N–H and O–H groups in total. The van der Waals surface area contributed by atoms with Gasteiger partial charge in [0.05, 0.1) is 45.5 Å². The summed E-state index contributed by atoms with van der Waals surface area (Å²) in [7, 11) is -0.327. The van der Waals surface area contributed by atoms with Gasteiger partial charge in [0.2, 0.25) is 0 Å². The van der Waals surface area contributed by atoms with Crippen molar-refractivity contribution < 1.29 is 52.1 Å². The van der Waals surface area contributed by atoms with Gasteiger partial charge in [0.15, 0.2) is 0 Å². The maximum Gasteiger partial charge on any atom is 0.494 e. The zero-order valence-electron chi connectivity index (χ0n) is 39.3. The number of rotatable bonds is 11. The van der Waals surface area contributed by atoms with Gasteiger partial charge < -0.3 is 49.1 Å². The standard InChI is InChI=1S/C28H39BN4O3.C22H27BrN4O.U.H2/c1-7-23(19(2)34)26-30-24-13-12-22(18-25(24)31-26)33-16-14-32(15-17-33)21-10-8-20(9-11-21)29-35-27(3,4)28(5,6)36-29;1-3-19(15(2)28)22-24-20-9-8-18(14-21(20)25-22)27-12-10-26(11-13-27)17-6-4-16(23)5-7-17;;/h8-13,18-19,23,34H,7,14-17H2,1-6H3,(H,30,31);4-9,14-15,19,28H,3,10-13H2,1-2H3,(H,24,25);;1H. The molecule has 4 aromatic carbocycles. The van der Waals surface area contributed by atoms with Crippen molar-refractivity contribution in [2.45, 2.75) is 103 Å². The number of fused-ring (bicyclic) bond motifs is 2. The molecule has 0 aliphatic carbocycles.